The lowest BCUT2D eigenvalue weighted by Gasteiger charge is -2.07. The van der Waals surface area contributed by atoms with Crippen molar-refractivity contribution in [2.24, 2.45) is 5.73 Å². The Morgan fingerprint density at radius 1 is 1.33 bits per heavy atom. The van der Waals surface area contributed by atoms with Crippen LogP contribution in [-0.4, -0.2) is 9.97 Å². The lowest BCUT2D eigenvalue weighted by molar-refractivity contribution is 0.461. The molecule has 92 valence electrons. The molecule has 0 unspecified atom stereocenters. The summed E-state index contributed by atoms with van der Waals surface area (Å²) in [7, 11) is 0. The Kier molecular flexibility index (Phi) is 3.74. The first-order valence-corrected chi connectivity index (χ1v) is 5.73. The van der Waals surface area contributed by atoms with Crippen LogP contribution in [0.1, 0.15) is 5.56 Å². The standard InChI is InChI=1S/C12H8ClFN2OS/c13-9-5-8(14)2-3-10(9)17-11-4-1-7(6-16-11)12(15)18/h1-6H,(H2,15,18). The number of rotatable bonds is 3. The third kappa shape index (κ3) is 2.94. The van der Waals surface area contributed by atoms with Gasteiger partial charge < -0.3 is 10.5 Å². The fourth-order valence-electron chi connectivity index (χ4n) is 1.26. The molecule has 0 aliphatic heterocycles. The van der Waals surface area contributed by atoms with Crippen molar-refractivity contribution < 1.29 is 9.13 Å². The third-order valence-corrected chi connectivity index (χ3v) is 2.66. The van der Waals surface area contributed by atoms with E-state index in [1.165, 1.54) is 24.4 Å². The van der Waals surface area contributed by atoms with Gasteiger partial charge in [0, 0.05) is 17.8 Å². The van der Waals surface area contributed by atoms with E-state index in [-0.39, 0.29) is 10.0 Å². The van der Waals surface area contributed by atoms with Crippen molar-refractivity contribution in [3.63, 3.8) is 0 Å². The number of nitrogens with zero attached hydrogens (tertiary/aromatic N) is 1. The molecule has 1 heterocycles. The van der Waals surface area contributed by atoms with Crippen molar-refractivity contribution in [1.29, 1.82) is 0 Å². The van der Waals surface area contributed by atoms with E-state index in [9.17, 15) is 4.39 Å². The highest BCUT2D eigenvalue weighted by Gasteiger charge is 2.06. The van der Waals surface area contributed by atoms with Gasteiger partial charge >= 0.3 is 0 Å². The first-order valence-electron chi connectivity index (χ1n) is 4.95. The van der Waals surface area contributed by atoms with Crippen LogP contribution in [0.25, 0.3) is 0 Å². The molecule has 0 saturated heterocycles. The van der Waals surface area contributed by atoms with Crippen LogP contribution in [-0.2, 0) is 0 Å². The predicted octanol–water partition coefficient (Wildman–Crippen LogP) is 3.30. The van der Waals surface area contributed by atoms with Crippen LogP contribution in [0.3, 0.4) is 0 Å². The van der Waals surface area contributed by atoms with Gasteiger partial charge in [0.25, 0.3) is 0 Å². The molecule has 2 aromatic rings. The summed E-state index contributed by atoms with van der Waals surface area (Å²) in [4.78, 5) is 4.27. The minimum absolute atomic E-state index is 0.176. The molecule has 0 bridgehead atoms. The fraction of sp³-hybridized carbons (Fsp3) is 0. The molecular weight excluding hydrogens is 275 g/mol. The van der Waals surface area contributed by atoms with E-state index >= 15 is 0 Å². The van der Waals surface area contributed by atoms with Crippen LogP contribution in [0.2, 0.25) is 5.02 Å². The highest BCUT2D eigenvalue weighted by molar-refractivity contribution is 7.80. The summed E-state index contributed by atoms with van der Waals surface area (Å²) in [5.74, 6) is 0.223. The highest BCUT2D eigenvalue weighted by atomic mass is 35.5. The highest BCUT2D eigenvalue weighted by Crippen LogP contribution is 2.28. The Bertz CT molecular complexity index is 589. The van der Waals surface area contributed by atoms with Crippen LogP contribution in [0.5, 0.6) is 11.6 Å². The van der Waals surface area contributed by atoms with Gasteiger partial charge in [-0.05, 0) is 24.3 Å². The molecule has 6 heteroatoms. The van der Waals surface area contributed by atoms with Crippen LogP contribution in [0.15, 0.2) is 36.5 Å². The largest absolute Gasteiger partial charge is 0.437 e. The number of hydrogen-bond donors (Lipinski definition) is 1. The van der Waals surface area contributed by atoms with Gasteiger partial charge in [-0.15, -0.1) is 0 Å². The van der Waals surface area contributed by atoms with Gasteiger partial charge in [-0.3, -0.25) is 0 Å². The first kappa shape index (κ1) is 12.7. The Labute approximate surface area is 113 Å². The number of ether oxygens (including phenoxy) is 1. The van der Waals surface area contributed by atoms with Gasteiger partial charge in [-0.1, -0.05) is 23.8 Å². The zero-order valence-electron chi connectivity index (χ0n) is 9.06. The van der Waals surface area contributed by atoms with E-state index in [1.807, 2.05) is 0 Å². The number of benzene rings is 1. The van der Waals surface area contributed by atoms with E-state index in [2.05, 4.69) is 4.98 Å². The second-order valence-electron chi connectivity index (χ2n) is 3.43. The summed E-state index contributed by atoms with van der Waals surface area (Å²) in [6.45, 7) is 0. The van der Waals surface area contributed by atoms with E-state index in [0.717, 1.165) is 0 Å². The monoisotopic (exact) mass is 282 g/mol. The van der Waals surface area contributed by atoms with Crippen LogP contribution < -0.4 is 10.5 Å². The molecule has 0 amide bonds. The number of nitrogens with two attached hydrogens (primary N) is 1. The van der Waals surface area contributed by atoms with Gasteiger partial charge in [0.1, 0.15) is 16.6 Å². The summed E-state index contributed by atoms with van der Waals surface area (Å²) in [6, 6.07) is 7.14. The minimum atomic E-state index is -0.427. The summed E-state index contributed by atoms with van der Waals surface area (Å²) < 4.78 is 18.2. The Morgan fingerprint density at radius 2 is 2.11 bits per heavy atom. The Hall–Kier alpha value is -1.72. The molecule has 0 aliphatic carbocycles. The minimum Gasteiger partial charge on any atom is -0.437 e. The maximum Gasteiger partial charge on any atom is 0.219 e. The molecule has 1 aromatic heterocycles. The quantitative estimate of drug-likeness (QED) is 0.878. The number of hydrogen-bond acceptors (Lipinski definition) is 3. The second kappa shape index (κ2) is 5.29. The first-order chi connectivity index (χ1) is 8.56. The molecule has 0 atom stereocenters. The van der Waals surface area contributed by atoms with Crippen molar-refractivity contribution in [2.75, 3.05) is 0 Å². The molecule has 0 fully saturated rings. The Morgan fingerprint density at radius 3 is 2.67 bits per heavy atom. The maximum absolute atomic E-state index is 12.8. The summed E-state index contributed by atoms with van der Waals surface area (Å²) in [5, 5.41) is 0.176. The van der Waals surface area contributed by atoms with E-state index in [1.54, 1.807) is 12.1 Å². The van der Waals surface area contributed by atoms with E-state index in [4.69, 9.17) is 34.3 Å². The van der Waals surface area contributed by atoms with Crippen molar-refractivity contribution in [3.8, 4) is 11.6 Å². The molecular formula is C12H8ClFN2OS. The molecule has 3 nitrogen and oxygen atoms in total. The zero-order chi connectivity index (χ0) is 13.1. The Balaban J connectivity index is 2.21. The SMILES string of the molecule is NC(=S)c1ccc(Oc2ccc(F)cc2Cl)nc1. The molecule has 0 radical (unpaired) electrons. The van der Waals surface area contributed by atoms with E-state index in [0.29, 0.717) is 17.2 Å². The fourth-order valence-corrected chi connectivity index (χ4v) is 1.58. The molecule has 1 aromatic carbocycles. The number of aromatic nitrogens is 1. The van der Waals surface area contributed by atoms with Crippen LogP contribution >= 0.6 is 23.8 Å². The van der Waals surface area contributed by atoms with Crippen LogP contribution in [0.4, 0.5) is 4.39 Å². The maximum atomic E-state index is 12.8. The predicted molar refractivity (Wildman–Crippen MR) is 71.6 cm³/mol. The van der Waals surface area contributed by atoms with Gasteiger partial charge in [0.15, 0.2) is 0 Å². The second-order valence-corrected chi connectivity index (χ2v) is 4.27. The van der Waals surface area contributed by atoms with Gasteiger partial charge in [-0.25, -0.2) is 9.37 Å². The molecule has 2 rings (SSSR count). The summed E-state index contributed by atoms with van der Waals surface area (Å²) >= 11 is 10.6. The molecule has 0 aliphatic rings. The lowest BCUT2D eigenvalue weighted by atomic mass is 10.3. The molecule has 0 saturated carbocycles. The molecule has 18 heavy (non-hydrogen) atoms. The number of pyridine rings is 1. The van der Waals surface area contributed by atoms with Crippen LogP contribution in [0, 0.1) is 5.82 Å². The normalized spacial score (nSPS) is 10.1. The number of halogens is 2. The number of thiocarbonyl (C=S) groups is 1. The average molecular weight is 283 g/mol. The lowest BCUT2D eigenvalue weighted by Crippen LogP contribution is -2.09. The van der Waals surface area contributed by atoms with Crippen molar-refractivity contribution in [1.82, 2.24) is 4.98 Å². The van der Waals surface area contributed by atoms with Crippen molar-refractivity contribution in [3.05, 3.63) is 52.9 Å². The zero-order valence-corrected chi connectivity index (χ0v) is 10.6. The topological polar surface area (TPSA) is 48.1 Å². The van der Waals surface area contributed by atoms with Gasteiger partial charge in [0.2, 0.25) is 5.88 Å². The third-order valence-electron chi connectivity index (χ3n) is 2.13. The van der Waals surface area contributed by atoms with Gasteiger partial charge in [0.05, 0.1) is 5.02 Å². The van der Waals surface area contributed by atoms with Crippen molar-refractivity contribution >= 4 is 28.8 Å². The molecule has 2 N–H and O–H groups in total. The average Bonchev–Trinajstić information content (AvgIpc) is 2.33. The van der Waals surface area contributed by atoms with Crippen molar-refractivity contribution in [2.45, 2.75) is 0 Å². The van der Waals surface area contributed by atoms with Gasteiger partial charge in [-0.2, -0.15) is 0 Å². The smallest absolute Gasteiger partial charge is 0.219 e. The summed E-state index contributed by atoms with van der Waals surface area (Å²) in [5.41, 5.74) is 6.09. The van der Waals surface area contributed by atoms with E-state index < -0.39 is 5.82 Å². The molecule has 0 spiro atoms. The summed E-state index contributed by atoms with van der Waals surface area (Å²) in [6.07, 6.45) is 1.50.